The standard InChI is InChI=1S/C26H22FNO4/c27-21-8-6-18(7-9-21)23-12-13-28(26(29)19-4-2-1-3-5-19)15-20(23)16-30-22-10-11-24-25(14-22)32-17-31-24/h1-14,20,23H,15-17H2/t20-,23-/m0/s1. The lowest BCUT2D eigenvalue weighted by Crippen LogP contribution is -2.38. The number of rotatable bonds is 5. The average molecular weight is 431 g/mol. The van der Waals surface area contributed by atoms with Crippen LogP contribution in [0.5, 0.6) is 17.2 Å². The smallest absolute Gasteiger partial charge is 0.257 e. The molecule has 32 heavy (non-hydrogen) atoms. The second-order valence-electron chi connectivity index (χ2n) is 7.83. The van der Waals surface area contributed by atoms with Crippen molar-refractivity contribution in [3.05, 3.63) is 102 Å². The van der Waals surface area contributed by atoms with Crippen molar-refractivity contribution in [2.75, 3.05) is 19.9 Å². The van der Waals surface area contributed by atoms with Crippen molar-refractivity contribution in [1.29, 1.82) is 0 Å². The molecule has 0 saturated heterocycles. The van der Waals surface area contributed by atoms with Crippen LogP contribution >= 0.6 is 0 Å². The lowest BCUT2D eigenvalue weighted by molar-refractivity contribution is 0.0765. The van der Waals surface area contributed by atoms with Gasteiger partial charge in [0.15, 0.2) is 11.5 Å². The van der Waals surface area contributed by atoms with E-state index in [0.29, 0.717) is 36.0 Å². The predicted molar refractivity (Wildman–Crippen MR) is 117 cm³/mol. The summed E-state index contributed by atoms with van der Waals surface area (Å²) < 4.78 is 30.3. The van der Waals surface area contributed by atoms with E-state index in [0.717, 1.165) is 5.56 Å². The van der Waals surface area contributed by atoms with Gasteiger partial charge in [-0.3, -0.25) is 4.79 Å². The molecule has 0 N–H and O–H groups in total. The molecule has 3 aromatic rings. The van der Waals surface area contributed by atoms with Gasteiger partial charge in [0, 0.05) is 36.2 Å². The van der Waals surface area contributed by atoms with E-state index in [-0.39, 0.29) is 30.4 Å². The van der Waals surface area contributed by atoms with E-state index < -0.39 is 0 Å². The molecule has 0 aromatic heterocycles. The minimum absolute atomic E-state index is 0.00978. The molecule has 0 unspecified atom stereocenters. The first-order valence-electron chi connectivity index (χ1n) is 10.5. The van der Waals surface area contributed by atoms with Gasteiger partial charge in [-0.2, -0.15) is 0 Å². The van der Waals surface area contributed by atoms with Gasteiger partial charge in [-0.1, -0.05) is 36.4 Å². The van der Waals surface area contributed by atoms with Gasteiger partial charge in [0.2, 0.25) is 6.79 Å². The summed E-state index contributed by atoms with van der Waals surface area (Å²) in [5.74, 6) is 1.65. The van der Waals surface area contributed by atoms with Crippen molar-refractivity contribution >= 4 is 5.91 Å². The molecule has 0 saturated carbocycles. The van der Waals surface area contributed by atoms with E-state index in [1.165, 1.54) is 12.1 Å². The van der Waals surface area contributed by atoms with Gasteiger partial charge in [-0.05, 0) is 42.0 Å². The van der Waals surface area contributed by atoms with Gasteiger partial charge in [0.1, 0.15) is 11.6 Å². The van der Waals surface area contributed by atoms with Crippen molar-refractivity contribution in [2.45, 2.75) is 5.92 Å². The number of carbonyl (C=O) groups is 1. The molecule has 6 heteroatoms. The summed E-state index contributed by atoms with van der Waals surface area (Å²) in [6.45, 7) is 1.07. The molecule has 2 heterocycles. The zero-order valence-corrected chi connectivity index (χ0v) is 17.3. The Labute approximate surface area is 185 Å². The highest BCUT2D eigenvalue weighted by atomic mass is 19.1. The van der Waals surface area contributed by atoms with Crippen LogP contribution < -0.4 is 14.2 Å². The highest BCUT2D eigenvalue weighted by molar-refractivity contribution is 5.95. The number of hydrogen-bond acceptors (Lipinski definition) is 4. The lowest BCUT2D eigenvalue weighted by atomic mass is 9.84. The fourth-order valence-electron chi connectivity index (χ4n) is 4.07. The highest BCUT2D eigenvalue weighted by Gasteiger charge is 2.30. The maximum atomic E-state index is 13.5. The largest absolute Gasteiger partial charge is 0.493 e. The van der Waals surface area contributed by atoms with Gasteiger partial charge in [-0.25, -0.2) is 4.39 Å². The van der Waals surface area contributed by atoms with Crippen LogP contribution in [0, 0.1) is 11.7 Å². The summed E-state index contributed by atoms with van der Waals surface area (Å²) in [5, 5.41) is 0. The number of halogens is 1. The lowest BCUT2D eigenvalue weighted by Gasteiger charge is -2.34. The van der Waals surface area contributed by atoms with Crippen LogP contribution in [0.1, 0.15) is 21.8 Å². The maximum Gasteiger partial charge on any atom is 0.257 e. The number of fused-ring (bicyclic) bond motifs is 1. The van der Waals surface area contributed by atoms with E-state index in [4.69, 9.17) is 14.2 Å². The Morgan fingerprint density at radius 3 is 2.59 bits per heavy atom. The Hall–Kier alpha value is -3.80. The number of carbonyl (C=O) groups excluding carboxylic acids is 1. The zero-order chi connectivity index (χ0) is 21.9. The van der Waals surface area contributed by atoms with Crippen molar-refractivity contribution < 1.29 is 23.4 Å². The summed E-state index contributed by atoms with van der Waals surface area (Å²) in [7, 11) is 0. The van der Waals surface area contributed by atoms with Crippen molar-refractivity contribution in [3.8, 4) is 17.2 Å². The summed E-state index contributed by atoms with van der Waals surface area (Å²) in [5.41, 5.74) is 1.61. The number of amides is 1. The van der Waals surface area contributed by atoms with Crippen LogP contribution in [0.3, 0.4) is 0 Å². The van der Waals surface area contributed by atoms with Gasteiger partial charge < -0.3 is 19.1 Å². The highest BCUT2D eigenvalue weighted by Crippen LogP contribution is 2.36. The van der Waals surface area contributed by atoms with E-state index in [1.54, 1.807) is 35.2 Å². The Kier molecular flexibility index (Phi) is 5.50. The molecule has 1 amide bonds. The van der Waals surface area contributed by atoms with E-state index in [9.17, 15) is 9.18 Å². The minimum Gasteiger partial charge on any atom is -0.493 e. The number of allylic oxidation sites excluding steroid dienone is 1. The van der Waals surface area contributed by atoms with E-state index in [1.807, 2.05) is 42.6 Å². The summed E-state index contributed by atoms with van der Waals surface area (Å²) in [6, 6.07) is 21.1. The average Bonchev–Trinajstić information content (AvgIpc) is 3.31. The van der Waals surface area contributed by atoms with Crippen molar-refractivity contribution in [2.24, 2.45) is 5.92 Å². The van der Waals surface area contributed by atoms with Crippen LogP contribution in [-0.2, 0) is 0 Å². The molecular weight excluding hydrogens is 409 g/mol. The summed E-state index contributed by atoms with van der Waals surface area (Å²) in [6.07, 6.45) is 3.81. The molecule has 2 atom stereocenters. The molecule has 162 valence electrons. The number of nitrogens with zero attached hydrogens (tertiary/aromatic N) is 1. The van der Waals surface area contributed by atoms with Crippen molar-refractivity contribution in [1.82, 2.24) is 4.90 Å². The second kappa shape index (κ2) is 8.75. The molecule has 0 aliphatic carbocycles. The molecular formula is C26H22FNO4. The van der Waals surface area contributed by atoms with E-state index in [2.05, 4.69) is 0 Å². The topological polar surface area (TPSA) is 48.0 Å². The normalized spacial score (nSPS) is 19.1. The second-order valence-corrected chi connectivity index (χ2v) is 7.83. The number of hydrogen-bond donors (Lipinski definition) is 0. The Bertz CT molecular complexity index is 1130. The molecule has 3 aromatic carbocycles. The third kappa shape index (κ3) is 4.17. The van der Waals surface area contributed by atoms with Crippen LogP contribution in [0.4, 0.5) is 4.39 Å². The minimum atomic E-state index is -0.275. The molecule has 2 aliphatic heterocycles. The molecule has 2 aliphatic rings. The zero-order valence-electron chi connectivity index (χ0n) is 17.3. The first-order chi connectivity index (χ1) is 15.7. The first-order valence-corrected chi connectivity index (χ1v) is 10.5. The van der Waals surface area contributed by atoms with Gasteiger partial charge in [-0.15, -0.1) is 0 Å². The van der Waals surface area contributed by atoms with Crippen LogP contribution in [0.15, 0.2) is 85.1 Å². The SMILES string of the molecule is O=C(c1ccccc1)N1C=C[C@@H](c2ccc(F)cc2)[C@H](COc2ccc3c(c2)OCO3)C1. The monoisotopic (exact) mass is 431 g/mol. The van der Waals surface area contributed by atoms with Crippen molar-refractivity contribution in [3.63, 3.8) is 0 Å². The van der Waals surface area contributed by atoms with Crippen LogP contribution in [-0.4, -0.2) is 30.8 Å². The predicted octanol–water partition coefficient (Wildman–Crippen LogP) is 5.00. The first kappa shape index (κ1) is 20.1. The summed E-state index contributed by atoms with van der Waals surface area (Å²) >= 11 is 0. The fraction of sp³-hybridized carbons (Fsp3) is 0.192. The Morgan fingerprint density at radius 1 is 1.00 bits per heavy atom. The van der Waals surface area contributed by atoms with Gasteiger partial charge in [0.05, 0.1) is 6.61 Å². The molecule has 5 rings (SSSR count). The number of benzene rings is 3. The number of ether oxygens (including phenoxy) is 3. The molecule has 0 radical (unpaired) electrons. The van der Waals surface area contributed by atoms with E-state index >= 15 is 0 Å². The molecule has 0 spiro atoms. The third-order valence-corrected chi connectivity index (χ3v) is 5.76. The van der Waals surface area contributed by atoms with Gasteiger partial charge in [0.25, 0.3) is 5.91 Å². The summed E-state index contributed by atoms with van der Waals surface area (Å²) in [4.78, 5) is 14.7. The van der Waals surface area contributed by atoms with Crippen LogP contribution in [0.25, 0.3) is 0 Å². The van der Waals surface area contributed by atoms with Gasteiger partial charge >= 0.3 is 0 Å². The third-order valence-electron chi connectivity index (χ3n) is 5.76. The maximum absolute atomic E-state index is 13.5. The Morgan fingerprint density at radius 2 is 1.78 bits per heavy atom. The molecule has 5 nitrogen and oxygen atoms in total. The molecule has 0 bridgehead atoms. The quantitative estimate of drug-likeness (QED) is 0.570. The fourth-order valence-corrected chi connectivity index (χ4v) is 4.07. The Balaban J connectivity index is 1.37. The van der Waals surface area contributed by atoms with Crippen LogP contribution in [0.2, 0.25) is 0 Å². The molecule has 0 fully saturated rings.